The Hall–Kier alpha value is -1.96. The summed E-state index contributed by atoms with van der Waals surface area (Å²) in [4.78, 5) is 11.3. The minimum absolute atomic E-state index is 0.179. The summed E-state index contributed by atoms with van der Waals surface area (Å²) < 4.78 is 36.1. The van der Waals surface area contributed by atoms with E-state index in [0.29, 0.717) is 17.2 Å². The summed E-state index contributed by atoms with van der Waals surface area (Å²) >= 11 is 12.0. The van der Waals surface area contributed by atoms with E-state index >= 15 is 0 Å². The average molecular weight is 418 g/mol. The first-order chi connectivity index (χ1) is 12.2. The molecule has 0 aliphatic rings. The maximum absolute atomic E-state index is 11.7. The Kier molecular flexibility index (Phi) is 6.75. The summed E-state index contributed by atoms with van der Waals surface area (Å²) in [5.74, 6) is 0.243. The highest BCUT2D eigenvalue weighted by atomic mass is 35.5. The van der Waals surface area contributed by atoms with Crippen LogP contribution in [0.2, 0.25) is 10.0 Å². The Balaban J connectivity index is 2.32. The van der Waals surface area contributed by atoms with E-state index < -0.39 is 10.0 Å². The van der Waals surface area contributed by atoms with E-state index in [1.54, 1.807) is 30.3 Å². The van der Waals surface area contributed by atoms with Gasteiger partial charge in [-0.1, -0.05) is 29.3 Å². The lowest BCUT2D eigenvalue weighted by Crippen LogP contribution is -2.11. The van der Waals surface area contributed by atoms with Crippen LogP contribution in [0.25, 0.3) is 0 Å². The molecule has 6 nitrogen and oxygen atoms in total. The lowest BCUT2D eigenvalue weighted by Gasteiger charge is -2.14. The van der Waals surface area contributed by atoms with Gasteiger partial charge in [0.15, 0.2) is 5.75 Å². The minimum Gasteiger partial charge on any atom is -0.469 e. The molecule has 0 bridgehead atoms. The molecule has 0 amide bonds. The maximum Gasteiger partial charge on any atom is 0.305 e. The van der Waals surface area contributed by atoms with E-state index in [-0.39, 0.29) is 28.8 Å². The topological polar surface area (TPSA) is 81.7 Å². The number of benzene rings is 2. The van der Waals surface area contributed by atoms with E-state index in [0.717, 1.165) is 11.8 Å². The van der Waals surface area contributed by atoms with Crippen molar-refractivity contribution < 1.29 is 22.7 Å². The fourth-order valence-corrected chi connectivity index (χ4v) is 3.13. The van der Waals surface area contributed by atoms with Gasteiger partial charge in [-0.05, 0) is 42.3 Å². The second-order valence-electron chi connectivity index (χ2n) is 5.46. The van der Waals surface area contributed by atoms with Gasteiger partial charge in [-0.25, -0.2) is 8.42 Å². The largest absolute Gasteiger partial charge is 0.469 e. The fraction of sp³-hybridized carbons (Fsp3) is 0.235. The Labute approximate surface area is 162 Å². The highest BCUT2D eigenvalue weighted by Crippen LogP contribution is 2.36. The monoisotopic (exact) mass is 417 g/mol. The predicted molar refractivity (Wildman–Crippen MR) is 102 cm³/mol. The second kappa shape index (κ2) is 8.62. The highest BCUT2D eigenvalue weighted by molar-refractivity contribution is 7.92. The van der Waals surface area contributed by atoms with Crippen LogP contribution < -0.4 is 9.46 Å². The molecule has 0 aliphatic heterocycles. The van der Waals surface area contributed by atoms with Gasteiger partial charge in [0.2, 0.25) is 10.0 Å². The van der Waals surface area contributed by atoms with E-state index in [1.807, 2.05) is 0 Å². The van der Waals surface area contributed by atoms with Gasteiger partial charge in [-0.15, -0.1) is 0 Å². The molecule has 26 heavy (non-hydrogen) atoms. The molecule has 0 atom stereocenters. The van der Waals surface area contributed by atoms with Crippen LogP contribution in [0.1, 0.15) is 12.0 Å². The third kappa shape index (κ3) is 6.09. The number of methoxy groups -OCH3 is 1. The van der Waals surface area contributed by atoms with E-state index in [4.69, 9.17) is 27.9 Å². The number of sulfonamides is 1. The standard InChI is InChI=1S/C17H17Cl2NO5S/c1-24-17(21)8-4-11-3-6-16(14(9-11)20-26(2,22)23)25-15-7-5-12(18)10-13(15)19/h3,5-7,9-10,20H,4,8H2,1-2H3. The predicted octanol–water partition coefficient (Wildman–Crippen LogP) is 4.26. The van der Waals surface area contributed by atoms with Gasteiger partial charge in [0.1, 0.15) is 5.75 Å². The maximum atomic E-state index is 11.7. The third-order valence-corrected chi connectivity index (χ3v) is 4.42. The molecule has 0 saturated carbocycles. The quantitative estimate of drug-likeness (QED) is 0.680. The minimum atomic E-state index is -3.54. The van der Waals surface area contributed by atoms with Crippen LogP contribution in [0.3, 0.4) is 0 Å². The molecule has 1 N–H and O–H groups in total. The highest BCUT2D eigenvalue weighted by Gasteiger charge is 2.13. The normalized spacial score (nSPS) is 11.1. The molecule has 0 radical (unpaired) electrons. The first-order valence-corrected chi connectivity index (χ1v) is 10.1. The molecule has 140 valence electrons. The van der Waals surface area contributed by atoms with Gasteiger partial charge in [0, 0.05) is 11.4 Å². The van der Waals surface area contributed by atoms with Crippen LogP contribution in [-0.2, 0) is 26.0 Å². The molecule has 2 rings (SSSR count). The van der Waals surface area contributed by atoms with Gasteiger partial charge in [0.25, 0.3) is 0 Å². The van der Waals surface area contributed by atoms with Gasteiger partial charge in [-0.3, -0.25) is 9.52 Å². The van der Waals surface area contributed by atoms with Crippen LogP contribution in [-0.4, -0.2) is 27.8 Å². The lowest BCUT2D eigenvalue weighted by atomic mass is 10.1. The number of halogens is 2. The van der Waals surface area contributed by atoms with Crippen LogP contribution >= 0.6 is 23.2 Å². The summed E-state index contributed by atoms with van der Waals surface area (Å²) in [6, 6.07) is 9.65. The molecule has 0 saturated heterocycles. The van der Waals surface area contributed by atoms with Crippen molar-refractivity contribution in [3.8, 4) is 11.5 Å². The number of anilines is 1. The number of nitrogens with one attached hydrogen (secondary N) is 1. The molecular formula is C17H17Cl2NO5S. The molecule has 0 fully saturated rings. The summed E-state index contributed by atoms with van der Waals surface area (Å²) in [6.45, 7) is 0. The van der Waals surface area contributed by atoms with Crippen molar-refractivity contribution in [2.45, 2.75) is 12.8 Å². The van der Waals surface area contributed by atoms with Crippen LogP contribution in [0.15, 0.2) is 36.4 Å². The number of aryl methyl sites for hydroxylation is 1. The van der Waals surface area contributed by atoms with Crippen molar-refractivity contribution in [3.05, 3.63) is 52.0 Å². The van der Waals surface area contributed by atoms with Crippen molar-refractivity contribution in [2.75, 3.05) is 18.1 Å². The third-order valence-electron chi connectivity index (χ3n) is 3.30. The van der Waals surface area contributed by atoms with Crippen molar-refractivity contribution in [3.63, 3.8) is 0 Å². The number of esters is 1. The summed E-state index contributed by atoms with van der Waals surface area (Å²) in [7, 11) is -2.23. The Bertz CT molecular complexity index is 915. The van der Waals surface area contributed by atoms with Gasteiger partial charge in [-0.2, -0.15) is 0 Å². The molecule has 0 unspecified atom stereocenters. The van der Waals surface area contributed by atoms with Crippen molar-refractivity contribution in [1.82, 2.24) is 0 Å². The fourth-order valence-electron chi connectivity index (χ4n) is 2.13. The summed E-state index contributed by atoms with van der Waals surface area (Å²) in [6.07, 6.45) is 1.61. The van der Waals surface area contributed by atoms with E-state index in [2.05, 4.69) is 9.46 Å². The SMILES string of the molecule is COC(=O)CCc1ccc(Oc2ccc(Cl)cc2Cl)c(NS(C)(=O)=O)c1. The number of carbonyl (C=O) groups is 1. The Morgan fingerprint density at radius 1 is 1.12 bits per heavy atom. The molecule has 2 aromatic carbocycles. The van der Waals surface area contributed by atoms with E-state index in [9.17, 15) is 13.2 Å². The van der Waals surface area contributed by atoms with Crippen LogP contribution in [0.5, 0.6) is 11.5 Å². The van der Waals surface area contributed by atoms with Crippen molar-refractivity contribution in [2.24, 2.45) is 0 Å². The zero-order chi connectivity index (χ0) is 19.3. The Morgan fingerprint density at radius 2 is 1.81 bits per heavy atom. The molecule has 9 heteroatoms. The zero-order valence-corrected chi connectivity index (χ0v) is 16.4. The lowest BCUT2D eigenvalue weighted by molar-refractivity contribution is -0.140. The van der Waals surface area contributed by atoms with E-state index in [1.165, 1.54) is 13.2 Å². The van der Waals surface area contributed by atoms with Gasteiger partial charge < -0.3 is 9.47 Å². The number of ether oxygens (including phenoxy) is 2. The molecule has 0 aromatic heterocycles. The molecule has 0 aliphatic carbocycles. The second-order valence-corrected chi connectivity index (χ2v) is 8.05. The first-order valence-electron chi connectivity index (χ1n) is 7.48. The smallest absolute Gasteiger partial charge is 0.305 e. The first kappa shape index (κ1) is 20.4. The van der Waals surface area contributed by atoms with Crippen molar-refractivity contribution in [1.29, 1.82) is 0 Å². The number of rotatable bonds is 7. The van der Waals surface area contributed by atoms with Crippen LogP contribution in [0.4, 0.5) is 5.69 Å². The number of hydrogen-bond donors (Lipinski definition) is 1. The van der Waals surface area contributed by atoms with Gasteiger partial charge >= 0.3 is 5.97 Å². The van der Waals surface area contributed by atoms with Crippen molar-refractivity contribution >= 4 is 44.9 Å². The van der Waals surface area contributed by atoms with Crippen LogP contribution in [0, 0.1) is 0 Å². The average Bonchev–Trinajstić information content (AvgIpc) is 2.55. The number of carbonyl (C=O) groups excluding carboxylic acids is 1. The summed E-state index contributed by atoms with van der Waals surface area (Å²) in [5, 5.41) is 0.743. The summed E-state index contributed by atoms with van der Waals surface area (Å²) in [5.41, 5.74) is 0.983. The Morgan fingerprint density at radius 3 is 2.42 bits per heavy atom. The van der Waals surface area contributed by atoms with Gasteiger partial charge in [0.05, 0.1) is 24.1 Å². The molecular weight excluding hydrogens is 401 g/mol. The number of hydrogen-bond acceptors (Lipinski definition) is 5. The zero-order valence-electron chi connectivity index (χ0n) is 14.1. The molecule has 0 spiro atoms. The molecule has 0 heterocycles. The molecule has 2 aromatic rings.